The molecule has 2 aliphatic rings. The largest absolute Gasteiger partial charge is 0.459 e. The molecule has 24 heavy (non-hydrogen) atoms. The fourth-order valence-electron chi connectivity index (χ4n) is 3.59. The normalized spacial score (nSPS) is 21.3. The van der Waals surface area contributed by atoms with Crippen LogP contribution >= 0.6 is 0 Å². The zero-order valence-corrected chi connectivity index (χ0v) is 14.2. The van der Waals surface area contributed by atoms with E-state index >= 15 is 0 Å². The van der Waals surface area contributed by atoms with E-state index in [0.29, 0.717) is 12.5 Å². The first kappa shape index (κ1) is 15.5. The van der Waals surface area contributed by atoms with Gasteiger partial charge in [0.25, 0.3) is 0 Å². The molecule has 1 aromatic carbocycles. The van der Waals surface area contributed by atoms with E-state index in [1.54, 1.807) is 4.90 Å². The number of rotatable bonds is 5. The van der Waals surface area contributed by atoms with Gasteiger partial charge in [0, 0.05) is 31.6 Å². The molecule has 5 heteroatoms. The molecular weight excluding hydrogens is 302 g/mol. The minimum atomic E-state index is -0.0275. The molecule has 4 rings (SSSR count). The average molecular weight is 327 g/mol. The number of benzene rings is 1. The van der Waals surface area contributed by atoms with E-state index < -0.39 is 0 Å². The second-order valence-electron chi connectivity index (χ2n) is 7.17. The van der Waals surface area contributed by atoms with Crippen LogP contribution in [0.4, 0.5) is 4.79 Å². The monoisotopic (exact) mass is 327 g/mol. The molecule has 5 nitrogen and oxygen atoms in total. The Morgan fingerprint density at radius 1 is 1.33 bits per heavy atom. The third kappa shape index (κ3) is 3.41. The third-order valence-corrected chi connectivity index (χ3v) is 5.14. The van der Waals surface area contributed by atoms with Gasteiger partial charge in [-0.2, -0.15) is 0 Å². The topological polar surface area (TPSA) is 48.7 Å². The molecule has 1 unspecified atom stereocenters. The van der Waals surface area contributed by atoms with E-state index in [9.17, 15) is 4.79 Å². The van der Waals surface area contributed by atoms with E-state index in [1.165, 1.54) is 25.8 Å². The molecule has 1 N–H and O–H groups in total. The van der Waals surface area contributed by atoms with E-state index in [2.05, 4.69) is 10.2 Å². The average Bonchev–Trinajstić information content (AvgIpc) is 3.18. The zero-order valence-electron chi connectivity index (χ0n) is 14.2. The first-order valence-corrected chi connectivity index (χ1v) is 8.89. The lowest BCUT2D eigenvalue weighted by Gasteiger charge is -2.19. The minimum Gasteiger partial charge on any atom is -0.459 e. The van der Waals surface area contributed by atoms with Gasteiger partial charge in [-0.1, -0.05) is 18.2 Å². The fourth-order valence-corrected chi connectivity index (χ4v) is 3.59. The Bertz CT molecular complexity index is 689. The lowest BCUT2D eigenvalue weighted by molar-refractivity contribution is 0.201. The third-order valence-electron chi connectivity index (χ3n) is 5.14. The number of urea groups is 1. The summed E-state index contributed by atoms with van der Waals surface area (Å²) < 4.78 is 5.79. The molecule has 128 valence electrons. The van der Waals surface area contributed by atoms with Crippen LogP contribution in [0.3, 0.4) is 0 Å². The van der Waals surface area contributed by atoms with Crippen molar-refractivity contribution in [2.45, 2.75) is 31.8 Å². The maximum Gasteiger partial charge on any atom is 0.317 e. The highest BCUT2D eigenvalue weighted by atomic mass is 16.3. The number of fused-ring (bicyclic) bond motifs is 1. The maximum absolute atomic E-state index is 12.3. The molecule has 2 aromatic rings. The Labute approximate surface area is 142 Å². The summed E-state index contributed by atoms with van der Waals surface area (Å²) in [6.45, 7) is 3.59. The highest BCUT2D eigenvalue weighted by molar-refractivity contribution is 5.78. The number of furan rings is 1. The number of carbonyl (C=O) groups excluding carboxylic acids is 1. The number of nitrogens with zero attached hydrogens (tertiary/aromatic N) is 2. The zero-order chi connectivity index (χ0) is 16.5. The van der Waals surface area contributed by atoms with Crippen LogP contribution < -0.4 is 5.32 Å². The number of hydrogen-bond donors (Lipinski definition) is 1. The van der Waals surface area contributed by atoms with Crippen molar-refractivity contribution in [2.75, 3.05) is 26.7 Å². The van der Waals surface area contributed by atoms with E-state index in [4.69, 9.17) is 4.42 Å². The summed E-state index contributed by atoms with van der Waals surface area (Å²) in [6, 6.07) is 10.7. The van der Waals surface area contributed by atoms with Gasteiger partial charge in [0.2, 0.25) is 0 Å². The van der Waals surface area contributed by atoms with Crippen LogP contribution in [0.5, 0.6) is 0 Å². The van der Waals surface area contributed by atoms with Crippen LogP contribution in [0.2, 0.25) is 0 Å². The molecule has 2 fully saturated rings. The Balaban J connectivity index is 1.26. The quantitative estimate of drug-likeness (QED) is 0.918. The van der Waals surface area contributed by atoms with E-state index in [-0.39, 0.29) is 6.03 Å². The van der Waals surface area contributed by atoms with Gasteiger partial charge < -0.3 is 19.5 Å². The van der Waals surface area contributed by atoms with Crippen LogP contribution in [-0.2, 0) is 6.54 Å². The number of carbonyl (C=O) groups is 1. The van der Waals surface area contributed by atoms with Crippen molar-refractivity contribution in [1.29, 1.82) is 0 Å². The van der Waals surface area contributed by atoms with Gasteiger partial charge in [-0.3, -0.25) is 0 Å². The molecule has 1 aliphatic heterocycles. The van der Waals surface area contributed by atoms with Crippen LogP contribution in [0, 0.1) is 5.92 Å². The van der Waals surface area contributed by atoms with Crippen LogP contribution in [0.1, 0.15) is 25.0 Å². The van der Waals surface area contributed by atoms with Crippen molar-refractivity contribution in [1.82, 2.24) is 15.1 Å². The van der Waals surface area contributed by atoms with Crippen LogP contribution in [0.15, 0.2) is 34.7 Å². The number of hydrogen-bond acceptors (Lipinski definition) is 3. The van der Waals surface area contributed by atoms with Crippen molar-refractivity contribution in [3.63, 3.8) is 0 Å². The van der Waals surface area contributed by atoms with Gasteiger partial charge >= 0.3 is 6.03 Å². The Hall–Kier alpha value is -2.01. The van der Waals surface area contributed by atoms with Crippen molar-refractivity contribution < 1.29 is 9.21 Å². The van der Waals surface area contributed by atoms with Crippen LogP contribution in [-0.4, -0.2) is 48.6 Å². The molecule has 1 saturated heterocycles. The lowest BCUT2D eigenvalue weighted by Crippen LogP contribution is -2.39. The Morgan fingerprint density at radius 3 is 2.96 bits per heavy atom. The summed E-state index contributed by atoms with van der Waals surface area (Å²) in [5.74, 6) is 1.41. The minimum absolute atomic E-state index is 0.0275. The highest BCUT2D eigenvalue weighted by Crippen LogP contribution is 2.31. The molecule has 1 aliphatic carbocycles. The first-order valence-electron chi connectivity index (χ1n) is 8.89. The van der Waals surface area contributed by atoms with Crippen molar-refractivity contribution in [2.24, 2.45) is 5.92 Å². The van der Waals surface area contributed by atoms with Gasteiger partial charge in [0.1, 0.15) is 11.3 Å². The molecule has 2 heterocycles. The summed E-state index contributed by atoms with van der Waals surface area (Å²) in [6.07, 6.45) is 3.92. The van der Waals surface area contributed by atoms with Gasteiger partial charge in [0.15, 0.2) is 0 Å². The van der Waals surface area contributed by atoms with E-state index in [1.807, 2.05) is 37.4 Å². The van der Waals surface area contributed by atoms with Gasteiger partial charge in [0.05, 0.1) is 6.54 Å². The standard InChI is InChI=1S/C19H25N3O2/c1-21(13-17-10-15-4-2-3-5-18(15)24-17)19(23)20-11-14-8-9-22(12-14)16-6-7-16/h2-5,10,14,16H,6-9,11-13H2,1H3,(H,20,23). The number of para-hydroxylation sites is 1. The van der Waals surface area contributed by atoms with Crippen molar-refractivity contribution in [3.05, 3.63) is 36.1 Å². The first-order chi connectivity index (χ1) is 11.7. The van der Waals surface area contributed by atoms with Crippen molar-refractivity contribution >= 4 is 17.0 Å². The van der Waals surface area contributed by atoms with Gasteiger partial charge in [-0.25, -0.2) is 4.79 Å². The smallest absolute Gasteiger partial charge is 0.317 e. The molecule has 1 saturated carbocycles. The number of amides is 2. The Morgan fingerprint density at radius 2 is 2.17 bits per heavy atom. The second-order valence-corrected chi connectivity index (χ2v) is 7.17. The number of likely N-dealkylation sites (tertiary alicyclic amines) is 1. The van der Waals surface area contributed by atoms with Gasteiger partial charge in [-0.05, 0) is 43.9 Å². The summed E-state index contributed by atoms with van der Waals surface area (Å²) in [4.78, 5) is 16.6. The predicted molar refractivity (Wildman–Crippen MR) is 93.8 cm³/mol. The van der Waals surface area contributed by atoms with Gasteiger partial charge in [-0.15, -0.1) is 0 Å². The van der Waals surface area contributed by atoms with Crippen molar-refractivity contribution in [3.8, 4) is 0 Å². The summed E-state index contributed by atoms with van der Waals surface area (Å²) in [5.41, 5.74) is 0.868. The van der Waals surface area contributed by atoms with Crippen LogP contribution in [0.25, 0.3) is 11.0 Å². The predicted octanol–water partition coefficient (Wildman–Crippen LogP) is 3.06. The second kappa shape index (κ2) is 6.48. The Kier molecular flexibility index (Phi) is 4.19. The molecule has 0 radical (unpaired) electrons. The molecule has 0 bridgehead atoms. The van der Waals surface area contributed by atoms with E-state index in [0.717, 1.165) is 35.9 Å². The summed E-state index contributed by atoms with van der Waals surface area (Å²) in [7, 11) is 1.81. The summed E-state index contributed by atoms with van der Waals surface area (Å²) >= 11 is 0. The molecule has 1 atom stereocenters. The molecular formula is C19H25N3O2. The summed E-state index contributed by atoms with van der Waals surface area (Å²) in [5, 5.41) is 4.15. The highest BCUT2D eigenvalue weighted by Gasteiger charge is 2.34. The fraction of sp³-hybridized carbons (Fsp3) is 0.526. The molecule has 1 aromatic heterocycles. The molecule has 2 amide bonds. The SMILES string of the molecule is CN(Cc1cc2ccccc2o1)C(=O)NCC1CCN(C2CC2)C1. The lowest BCUT2D eigenvalue weighted by atomic mass is 10.1. The number of nitrogens with one attached hydrogen (secondary N) is 1. The molecule has 0 spiro atoms. The maximum atomic E-state index is 12.3.